The van der Waals surface area contributed by atoms with Crippen molar-refractivity contribution in [3.05, 3.63) is 17.0 Å². The van der Waals surface area contributed by atoms with Crippen molar-refractivity contribution in [3.8, 4) is 0 Å². The smallest absolute Gasteiger partial charge is 0.252 e. The van der Waals surface area contributed by atoms with E-state index in [1.54, 1.807) is 6.07 Å². The molecule has 0 N–H and O–H groups in total. The summed E-state index contributed by atoms with van der Waals surface area (Å²) in [5.41, 5.74) is 0. The Balaban J connectivity index is 1.83. The Labute approximate surface area is 123 Å². The van der Waals surface area contributed by atoms with Crippen LogP contribution in [0.3, 0.4) is 0 Å². The lowest BCUT2D eigenvalue weighted by Crippen LogP contribution is -2.50. The van der Waals surface area contributed by atoms with Crippen molar-refractivity contribution in [2.45, 2.75) is 36.2 Å². The summed E-state index contributed by atoms with van der Waals surface area (Å²) in [7, 11) is -3.42. The average molecular weight is 317 g/mol. The van der Waals surface area contributed by atoms with Gasteiger partial charge in [0.1, 0.15) is 4.21 Å². The Morgan fingerprint density at radius 3 is 2.75 bits per heavy atom. The van der Waals surface area contributed by atoms with Crippen molar-refractivity contribution in [2.24, 2.45) is 0 Å². The molecule has 0 saturated carbocycles. The molecule has 20 heavy (non-hydrogen) atoms. The van der Waals surface area contributed by atoms with E-state index in [1.807, 2.05) is 13.0 Å². The molecule has 7 heteroatoms. The fourth-order valence-corrected chi connectivity index (χ4v) is 5.67. The number of ether oxygens (including phenoxy) is 2. The summed E-state index contributed by atoms with van der Waals surface area (Å²) in [6, 6.07) is 3.59. The van der Waals surface area contributed by atoms with Gasteiger partial charge in [-0.1, -0.05) is 6.92 Å². The van der Waals surface area contributed by atoms with E-state index in [0.717, 1.165) is 24.1 Å². The molecule has 0 aliphatic carbocycles. The molecule has 2 saturated heterocycles. The van der Waals surface area contributed by atoms with Crippen LogP contribution in [-0.4, -0.2) is 44.8 Å². The lowest BCUT2D eigenvalue weighted by molar-refractivity contribution is -0.179. The number of hydrogen-bond donors (Lipinski definition) is 0. The number of sulfonamides is 1. The zero-order valence-corrected chi connectivity index (χ0v) is 13.1. The molecule has 0 unspecified atom stereocenters. The van der Waals surface area contributed by atoms with Gasteiger partial charge in [0.25, 0.3) is 10.0 Å². The standard InChI is InChI=1S/C13H19NO4S2/c1-2-11-4-5-12(19-11)20(15,16)14-7-3-6-13(10-14)17-8-9-18-13/h4-5H,2-3,6-10H2,1H3. The molecule has 0 radical (unpaired) electrons. The van der Waals surface area contributed by atoms with Crippen molar-refractivity contribution >= 4 is 21.4 Å². The molecule has 1 aromatic rings. The third-order valence-corrected chi connectivity index (χ3v) is 7.32. The summed E-state index contributed by atoms with van der Waals surface area (Å²) in [5.74, 6) is -0.712. The summed E-state index contributed by atoms with van der Waals surface area (Å²) in [6.07, 6.45) is 2.39. The van der Waals surface area contributed by atoms with Gasteiger partial charge in [0.2, 0.25) is 0 Å². The Hall–Kier alpha value is -0.470. The highest BCUT2D eigenvalue weighted by atomic mass is 32.2. The predicted octanol–water partition coefficient (Wildman–Crippen LogP) is 1.84. The lowest BCUT2D eigenvalue weighted by atomic mass is 10.1. The Morgan fingerprint density at radius 1 is 1.35 bits per heavy atom. The number of piperidine rings is 1. The van der Waals surface area contributed by atoms with E-state index in [9.17, 15) is 8.42 Å². The van der Waals surface area contributed by atoms with E-state index in [1.165, 1.54) is 15.6 Å². The van der Waals surface area contributed by atoms with Crippen molar-refractivity contribution in [1.82, 2.24) is 4.31 Å². The van der Waals surface area contributed by atoms with Crippen LogP contribution < -0.4 is 0 Å². The van der Waals surface area contributed by atoms with E-state index < -0.39 is 15.8 Å². The van der Waals surface area contributed by atoms with Gasteiger partial charge in [-0.3, -0.25) is 0 Å². The highest BCUT2D eigenvalue weighted by molar-refractivity contribution is 7.91. The maximum Gasteiger partial charge on any atom is 0.252 e. The van der Waals surface area contributed by atoms with Gasteiger partial charge < -0.3 is 9.47 Å². The van der Waals surface area contributed by atoms with E-state index in [0.29, 0.717) is 30.5 Å². The topological polar surface area (TPSA) is 55.8 Å². The van der Waals surface area contributed by atoms with Gasteiger partial charge in [-0.15, -0.1) is 11.3 Å². The molecule has 2 aliphatic heterocycles. The Morgan fingerprint density at radius 2 is 2.10 bits per heavy atom. The zero-order valence-electron chi connectivity index (χ0n) is 11.5. The van der Waals surface area contributed by atoms with Crippen LogP contribution in [0, 0.1) is 0 Å². The van der Waals surface area contributed by atoms with Crippen LogP contribution in [0.15, 0.2) is 16.3 Å². The third kappa shape index (κ3) is 2.53. The zero-order chi connectivity index (χ0) is 14.2. The van der Waals surface area contributed by atoms with Gasteiger partial charge in [-0.2, -0.15) is 4.31 Å². The van der Waals surface area contributed by atoms with E-state index in [2.05, 4.69) is 0 Å². The molecule has 1 spiro atoms. The van der Waals surface area contributed by atoms with Crippen LogP contribution >= 0.6 is 11.3 Å². The van der Waals surface area contributed by atoms with Gasteiger partial charge in [0, 0.05) is 17.8 Å². The van der Waals surface area contributed by atoms with E-state index >= 15 is 0 Å². The average Bonchev–Trinajstić information content (AvgIpc) is 3.08. The SMILES string of the molecule is CCc1ccc(S(=O)(=O)N2CCCC3(C2)OCCO3)s1. The summed E-state index contributed by atoms with van der Waals surface area (Å²) >= 11 is 1.35. The molecule has 1 aromatic heterocycles. The number of thiophene rings is 1. The van der Waals surface area contributed by atoms with Gasteiger partial charge in [-0.05, 0) is 25.0 Å². The van der Waals surface area contributed by atoms with Crippen molar-refractivity contribution < 1.29 is 17.9 Å². The third-order valence-electron chi connectivity index (χ3n) is 3.78. The molecule has 5 nitrogen and oxygen atoms in total. The second kappa shape index (κ2) is 5.38. The minimum Gasteiger partial charge on any atom is -0.346 e. The lowest BCUT2D eigenvalue weighted by Gasteiger charge is -2.37. The molecule has 0 aromatic carbocycles. The normalized spacial score (nSPS) is 23.4. The molecule has 0 amide bonds. The number of hydrogen-bond acceptors (Lipinski definition) is 5. The predicted molar refractivity (Wildman–Crippen MR) is 76.3 cm³/mol. The van der Waals surface area contributed by atoms with Gasteiger partial charge in [-0.25, -0.2) is 8.42 Å². The van der Waals surface area contributed by atoms with Crippen LogP contribution in [0.5, 0.6) is 0 Å². The number of nitrogens with zero attached hydrogens (tertiary/aromatic N) is 1. The first-order valence-corrected chi connectivity index (χ1v) is 9.18. The largest absolute Gasteiger partial charge is 0.346 e. The summed E-state index contributed by atoms with van der Waals surface area (Å²) < 4.78 is 38.6. The van der Waals surface area contributed by atoms with Gasteiger partial charge >= 0.3 is 0 Å². The minimum atomic E-state index is -3.42. The van der Waals surface area contributed by atoms with Crippen LogP contribution in [0.4, 0.5) is 0 Å². The molecule has 3 heterocycles. The molecule has 2 aliphatic rings. The first-order chi connectivity index (χ1) is 9.56. The first-order valence-electron chi connectivity index (χ1n) is 6.92. The monoisotopic (exact) mass is 317 g/mol. The first kappa shape index (κ1) is 14.5. The highest BCUT2D eigenvalue weighted by Gasteiger charge is 2.44. The molecule has 0 atom stereocenters. The summed E-state index contributed by atoms with van der Waals surface area (Å²) in [6.45, 7) is 3.96. The number of aryl methyl sites for hydroxylation is 1. The van der Waals surface area contributed by atoms with Crippen molar-refractivity contribution in [1.29, 1.82) is 0 Å². The second-order valence-corrected chi connectivity index (χ2v) is 8.46. The minimum absolute atomic E-state index is 0.300. The second-order valence-electron chi connectivity index (χ2n) is 5.12. The maximum atomic E-state index is 12.7. The Kier molecular flexibility index (Phi) is 3.89. The summed E-state index contributed by atoms with van der Waals surface area (Å²) in [4.78, 5) is 1.09. The Bertz CT molecular complexity index is 575. The molecule has 2 fully saturated rings. The molecular weight excluding hydrogens is 298 g/mol. The van der Waals surface area contributed by atoms with Crippen LogP contribution in [0.2, 0.25) is 0 Å². The molecule has 0 bridgehead atoms. The van der Waals surface area contributed by atoms with Crippen LogP contribution in [-0.2, 0) is 25.9 Å². The quantitative estimate of drug-likeness (QED) is 0.853. The van der Waals surface area contributed by atoms with Crippen LogP contribution in [0.25, 0.3) is 0 Å². The fourth-order valence-electron chi connectivity index (χ4n) is 2.70. The van der Waals surface area contributed by atoms with E-state index in [4.69, 9.17) is 9.47 Å². The van der Waals surface area contributed by atoms with E-state index in [-0.39, 0.29) is 0 Å². The van der Waals surface area contributed by atoms with Crippen LogP contribution in [0.1, 0.15) is 24.6 Å². The highest BCUT2D eigenvalue weighted by Crippen LogP contribution is 2.34. The molecule has 112 valence electrons. The maximum absolute atomic E-state index is 12.7. The van der Waals surface area contributed by atoms with Gasteiger partial charge in [0.15, 0.2) is 5.79 Å². The van der Waals surface area contributed by atoms with Crippen molar-refractivity contribution in [2.75, 3.05) is 26.3 Å². The molecular formula is C13H19NO4S2. The number of rotatable bonds is 3. The summed E-state index contributed by atoms with van der Waals surface area (Å²) in [5, 5.41) is 0. The fraction of sp³-hybridized carbons (Fsp3) is 0.692. The van der Waals surface area contributed by atoms with Gasteiger partial charge in [0.05, 0.1) is 19.8 Å². The van der Waals surface area contributed by atoms with Crippen molar-refractivity contribution in [3.63, 3.8) is 0 Å². The molecule has 3 rings (SSSR count).